The third kappa shape index (κ3) is 4.32. The van der Waals surface area contributed by atoms with Crippen LogP contribution in [0.5, 0.6) is 5.75 Å². The van der Waals surface area contributed by atoms with Crippen molar-refractivity contribution in [3.05, 3.63) is 99.6 Å². The predicted molar refractivity (Wildman–Crippen MR) is 130 cm³/mol. The monoisotopic (exact) mass is 475 g/mol. The molecule has 1 aliphatic rings. The van der Waals surface area contributed by atoms with Crippen molar-refractivity contribution < 1.29 is 24.2 Å². The summed E-state index contributed by atoms with van der Waals surface area (Å²) in [6.07, 6.45) is 0. The lowest BCUT2D eigenvalue weighted by molar-refractivity contribution is -0.132. The fourth-order valence-electron chi connectivity index (χ4n) is 4.00. The smallest absolute Gasteiger partial charge is 0.308 e. The molecule has 1 heterocycles. The van der Waals surface area contributed by atoms with Crippen LogP contribution >= 0.6 is 11.6 Å². The summed E-state index contributed by atoms with van der Waals surface area (Å²) in [5.74, 6) is -2.17. The SMILES string of the molecule is CC(=O)Oc1cccc(C2/C(=C(\O)c3cccc(Cl)c3)C(=O)C(=O)N2c2ccc(C)c(C)c2)c1. The first-order chi connectivity index (χ1) is 16.2. The van der Waals surface area contributed by atoms with E-state index < -0.39 is 23.7 Å². The molecule has 0 radical (unpaired) electrons. The van der Waals surface area contributed by atoms with Crippen LogP contribution in [0.4, 0.5) is 5.69 Å². The maximum absolute atomic E-state index is 13.3. The number of esters is 1. The normalized spacial score (nSPS) is 17.2. The fourth-order valence-corrected chi connectivity index (χ4v) is 4.19. The quantitative estimate of drug-likeness (QED) is 0.177. The van der Waals surface area contributed by atoms with E-state index in [0.717, 1.165) is 11.1 Å². The number of benzene rings is 3. The van der Waals surface area contributed by atoms with Crippen molar-refractivity contribution >= 4 is 40.7 Å². The number of amides is 1. The van der Waals surface area contributed by atoms with Gasteiger partial charge in [0.05, 0.1) is 11.6 Å². The molecule has 1 unspecified atom stereocenters. The molecule has 3 aromatic rings. The molecule has 0 bridgehead atoms. The van der Waals surface area contributed by atoms with E-state index in [9.17, 15) is 19.5 Å². The summed E-state index contributed by atoms with van der Waals surface area (Å²) in [6, 6.07) is 17.5. The van der Waals surface area contributed by atoms with E-state index in [0.29, 0.717) is 21.8 Å². The third-order valence-electron chi connectivity index (χ3n) is 5.75. The van der Waals surface area contributed by atoms with Crippen LogP contribution in [0.25, 0.3) is 5.76 Å². The Morgan fingerprint density at radius 2 is 1.71 bits per heavy atom. The molecular weight excluding hydrogens is 454 g/mol. The van der Waals surface area contributed by atoms with Gasteiger partial charge in [-0.05, 0) is 66.9 Å². The van der Waals surface area contributed by atoms with Gasteiger partial charge in [0.25, 0.3) is 11.7 Å². The molecule has 1 N–H and O–H groups in total. The predicted octanol–water partition coefficient (Wildman–Crippen LogP) is 5.51. The molecule has 1 atom stereocenters. The highest BCUT2D eigenvalue weighted by molar-refractivity contribution is 6.51. The van der Waals surface area contributed by atoms with Crippen molar-refractivity contribution in [2.45, 2.75) is 26.8 Å². The summed E-state index contributed by atoms with van der Waals surface area (Å²) in [5.41, 5.74) is 3.23. The highest BCUT2D eigenvalue weighted by Crippen LogP contribution is 2.43. The molecule has 1 saturated heterocycles. The zero-order valence-corrected chi connectivity index (χ0v) is 19.6. The van der Waals surface area contributed by atoms with E-state index in [4.69, 9.17) is 16.3 Å². The number of Topliss-reactive ketones (excluding diaryl/α,β-unsaturated/α-hetero) is 1. The van der Waals surface area contributed by atoms with Gasteiger partial charge in [-0.15, -0.1) is 0 Å². The Bertz CT molecular complexity index is 1360. The molecule has 1 aliphatic heterocycles. The molecule has 0 aromatic heterocycles. The Balaban J connectivity index is 1.96. The first-order valence-electron chi connectivity index (χ1n) is 10.6. The number of nitrogens with zero attached hydrogens (tertiary/aromatic N) is 1. The van der Waals surface area contributed by atoms with Gasteiger partial charge < -0.3 is 9.84 Å². The van der Waals surface area contributed by atoms with E-state index in [1.165, 1.54) is 17.9 Å². The van der Waals surface area contributed by atoms with Crippen molar-refractivity contribution in [1.82, 2.24) is 0 Å². The first-order valence-corrected chi connectivity index (χ1v) is 11.0. The minimum Gasteiger partial charge on any atom is -0.507 e. The van der Waals surface area contributed by atoms with Gasteiger partial charge in [-0.2, -0.15) is 0 Å². The number of carbonyl (C=O) groups is 3. The summed E-state index contributed by atoms with van der Waals surface area (Å²) in [7, 11) is 0. The van der Waals surface area contributed by atoms with Gasteiger partial charge in [-0.1, -0.05) is 41.9 Å². The molecule has 1 amide bonds. The lowest BCUT2D eigenvalue weighted by Gasteiger charge is -2.26. The summed E-state index contributed by atoms with van der Waals surface area (Å²) in [4.78, 5) is 39.4. The van der Waals surface area contributed by atoms with Crippen LogP contribution in [0.15, 0.2) is 72.3 Å². The van der Waals surface area contributed by atoms with Crippen molar-refractivity contribution in [2.24, 2.45) is 0 Å². The number of anilines is 1. The molecule has 1 fully saturated rings. The zero-order valence-electron chi connectivity index (χ0n) is 18.8. The average Bonchev–Trinajstić information content (AvgIpc) is 3.05. The van der Waals surface area contributed by atoms with E-state index >= 15 is 0 Å². The number of aliphatic hydroxyl groups is 1. The second kappa shape index (κ2) is 9.15. The largest absolute Gasteiger partial charge is 0.507 e. The number of ether oxygens (including phenoxy) is 1. The number of hydrogen-bond donors (Lipinski definition) is 1. The standard InChI is InChI=1S/C27H22ClNO5/c1-15-10-11-21(12-16(15)2)29-24(18-6-5-9-22(14-18)34-17(3)30)23(26(32)27(29)33)25(31)19-7-4-8-20(28)13-19/h4-14,24,31H,1-3H3/b25-23+. The molecule has 7 heteroatoms. The van der Waals surface area contributed by atoms with Crippen molar-refractivity contribution in [3.8, 4) is 5.75 Å². The third-order valence-corrected chi connectivity index (χ3v) is 5.98. The van der Waals surface area contributed by atoms with E-state index in [-0.39, 0.29) is 17.1 Å². The molecule has 0 saturated carbocycles. The van der Waals surface area contributed by atoms with Gasteiger partial charge in [-0.3, -0.25) is 19.3 Å². The Kier molecular flexibility index (Phi) is 6.26. The number of rotatable bonds is 4. The average molecular weight is 476 g/mol. The minimum atomic E-state index is -0.948. The topological polar surface area (TPSA) is 83.9 Å². The zero-order chi connectivity index (χ0) is 24.6. The van der Waals surface area contributed by atoms with E-state index in [1.54, 1.807) is 48.5 Å². The van der Waals surface area contributed by atoms with Gasteiger partial charge >= 0.3 is 5.97 Å². The summed E-state index contributed by atoms with van der Waals surface area (Å²) >= 11 is 6.10. The fraction of sp³-hybridized carbons (Fsp3) is 0.148. The van der Waals surface area contributed by atoms with Crippen LogP contribution in [-0.2, 0) is 14.4 Å². The van der Waals surface area contributed by atoms with Crippen molar-refractivity contribution in [3.63, 3.8) is 0 Å². The number of ketones is 1. The van der Waals surface area contributed by atoms with Crippen LogP contribution in [0.1, 0.15) is 35.2 Å². The highest BCUT2D eigenvalue weighted by atomic mass is 35.5. The highest BCUT2D eigenvalue weighted by Gasteiger charge is 2.47. The number of aryl methyl sites for hydroxylation is 2. The van der Waals surface area contributed by atoms with Crippen molar-refractivity contribution in [2.75, 3.05) is 4.90 Å². The molecule has 172 valence electrons. The number of aliphatic hydroxyl groups excluding tert-OH is 1. The van der Waals surface area contributed by atoms with Crippen molar-refractivity contribution in [1.29, 1.82) is 0 Å². The van der Waals surface area contributed by atoms with Crippen LogP contribution in [-0.4, -0.2) is 22.8 Å². The van der Waals surface area contributed by atoms with Crippen LogP contribution in [0.2, 0.25) is 5.02 Å². The second-order valence-corrected chi connectivity index (χ2v) is 8.55. The minimum absolute atomic E-state index is 0.0783. The second-order valence-electron chi connectivity index (χ2n) is 8.11. The van der Waals surface area contributed by atoms with E-state index in [1.807, 2.05) is 26.0 Å². The van der Waals surface area contributed by atoms with Gasteiger partial charge in [0.1, 0.15) is 11.5 Å². The lowest BCUT2D eigenvalue weighted by atomic mass is 9.95. The van der Waals surface area contributed by atoms with Gasteiger partial charge in [0.15, 0.2) is 0 Å². The molecule has 6 nitrogen and oxygen atoms in total. The summed E-state index contributed by atoms with van der Waals surface area (Å²) < 4.78 is 5.22. The molecule has 3 aromatic carbocycles. The maximum atomic E-state index is 13.3. The van der Waals surface area contributed by atoms with Gasteiger partial charge in [-0.25, -0.2) is 0 Å². The lowest BCUT2D eigenvalue weighted by Crippen LogP contribution is -2.29. The molecule has 4 rings (SSSR count). The number of halogens is 1. The van der Waals surface area contributed by atoms with Gasteiger partial charge in [0.2, 0.25) is 0 Å². The summed E-state index contributed by atoms with van der Waals surface area (Å²) in [6.45, 7) is 5.15. The molecular formula is C27H22ClNO5. The Morgan fingerprint density at radius 3 is 2.38 bits per heavy atom. The van der Waals surface area contributed by atoms with Crippen LogP contribution in [0, 0.1) is 13.8 Å². The van der Waals surface area contributed by atoms with Gasteiger partial charge in [0, 0.05) is 23.2 Å². The molecule has 0 aliphatic carbocycles. The molecule has 34 heavy (non-hydrogen) atoms. The van der Waals surface area contributed by atoms with E-state index in [2.05, 4.69) is 0 Å². The Labute approximate surface area is 202 Å². The Morgan fingerprint density at radius 1 is 0.971 bits per heavy atom. The summed E-state index contributed by atoms with van der Waals surface area (Å²) in [5, 5.41) is 11.6. The number of carbonyl (C=O) groups excluding carboxylic acids is 3. The molecule has 0 spiro atoms. The number of hydrogen-bond acceptors (Lipinski definition) is 5. The first kappa shape index (κ1) is 23.3. The Hall–Kier alpha value is -3.90. The van der Waals surface area contributed by atoms with Crippen LogP contribution < -0.4 is 9.64 Å². The van der Waals surface area contributed by atoms with Crippen LogP contribution in [0.3, 0.4) is 0 Å². The maximum Gasteiger partial charge on any atom is 0.308 e.